The maximum absolute atomic E-state index is 14.2. The molecule has 132 valence electrons. The first-order valence-corrected chi connectivity index (χ1v) is 7.85. The van der Waals surface area contributed by atoms with Gasteiger partial charge in [0.05, 0.1) is 18.4 Å². The minimum Gasteiger partial charge on any atom is -0.497 e. The Morgan fingerprint density at radius 1 is 1.38 bits per heavy atom. The van der Waals surface area contributed by atoms with E-state index in [0.717, 1.165) is 5.69 Å². The van der Waals surface area contributed by atoms with Gasteiger partial charge < -0.3 is 14.3 Å². The number of methoxy groups -OCH3 is 1. The summed E-state index contributed by atoms with van der Waals surface area (Å²) in [4.78, 5) is 6.51. The van der Waals surface area contributed by atoms with Gasteiger partial charge in [0, 0.05) is 31.2 Å². The fourth-order valence-corrected chi connectivity index (χ4v) is 2.58. The lowest BCUT2D eigenvalue weighted by Gasteiger charge is -2.27. The van der Waals surface area contributed by atoms with Crippen molar-refractivity contribution in [3.05, 3.63) is 35.5 Å². The first-order valence-electron chi connectivity index (χ1n) is 7.85. The van der Waals surface area contributed by atoms with Crippen LogP contribution in [0.1, 0.15) is 25.3 Å². The topological polar surface area (TPSA) is 58.7 Å². The molecule has 0 atom stereocenters. The second kappa shape index (κ2) is 7.32. The van der Waals surface area contributed by atoms with Crippen molar-refractivity contribution in [2.75, 3.05) is 27.3 Å². The number of hydrogen-bond acceptors (Lipinski definition) is 5. The highest BCUT2D eigenvalue weighted by molar-refractivity contribution is 5.56. The zero-order valence-corrected chi connectivity index (χ0v) is 14.9. The van der Waals surface area contributed by atoms with Crippen LogP contribution in [-0.2, 0) is 6.54 Å². The predicted molar refractivity (Wildman–Crippen MR) is 90.4 cm³/mol. The molecule has 0 fully saturated rings. The molecule has 6 heteroatoms. The minimum absolute atomic E-state index is 0.109. The highest BCUT2D eigenvalue weighted by atomic mass is 19.1. The van der Waals surface area contributed by atoms with E-state index in [-0.39, 0.29) is 17.9 Å². The van der Waals surface area contributed by atoms with E-state index in [2.05, 4.69) is 9.88 Å². The summed E-state index contributed by atoms with van der Waals surface area (Å²) in [5.41, 5.74) is 0.872. The Morgan fingerprint density at radius 3 is 2.67 bits per heavy atom. The van der Waals surface area contributed by atoms with Gasteiger partial charge in [-0.2, -0.15) is 0 Å². The third kappa shape index (κ3) is 4.33. The van der Waals surface area contributed by atoms with E-state index in [9.17, 15) is 9.50 Å². The van der Waals surface area contributed by atoms with Crippen molar-refractivity contribution in [1.82, 2.24) is 9.88 Å². The second-order valence-corrected chi connectivity index (χ2v) is 6.86. The Kier molecular flexibility index (Phi) is 5.62. The van der Waals surface area contributed by atoms with E-state index in [1.807, 2.05) is 27.8 Å². The Morgan fingerprint density at radius 2 is 2.08 bits per heavy atom. The SMILES string of the molecule is COc1ccc(-c2nc(CN(C)CC(C)(C)CO)c(C)o2)c(F)c1. The van der Waals surface area contributed by atoms with Crippen LogP contribution < -0.4 is 4.74 Å². The molecule has 5 nitrogen and oxygen atoms in total. The Bertz CT molecular complexity index is 698. The lowest BCUT2D eigenvalue weighted by molar-refractivity contribution is 0.112. The van der Waals surface area contributed by atoms with Crippen LogP contribution in [0.15, 0.2) is 22.6 Å². The summed E-state index contributed by atoms with van der Waals surface area (Å²) in [5.74, 6) is 0.939. The normalized spacial score (nSPS) is 12.0. The lowest BCUT2D eigenvalue weighted by atomic mass is 9.94. The summed E-state index contributed by atoms with van der Waals surface area (Å²) < 4.78 is 24.8. The number of rotatable bonds is 7. The van der Waals surface area contributed by atoms with Crippen LogP contribution >= 0.6 is 0 Å². The lowest BCUT2D eigenvalue weighted by Crippen LogP contribution is -2.33. The summed E-state index contributed by atoms with van der Waals surface area (Å²) in [7, 11) is 3.45. The fourth-order valence-electron chi connectivity index (χ4n) is 2.58. The van der Waals surface area contributed by atoms with Gasteiger partial charge in [-0.05, 0) is 26.1 Å². The highest BCUT2D eigenvalue weighted by Gasteiger charge is 2.21. The third-order valence-electron chi connectivity index (χ3n) is 3.84. The van der Waals surface area contributed by atoms with Crippen molar-refractivity contribution in [2.45, 2.75) is 27.3 Å². The molecule has 2 rings (SSSR count). The highest BCUT2D eigenvalue weighted by Crippen LogP contribution is 2.28. The molecule has 0 aliphatic rings. The Balaban J connectivity index is 2.18. The van der Waals surface area contributed by atoms with Gasteiger partial charge in [0.1, 0.15) is 17.3 Å². The molecule has 0 saturated heterocycles. The predicted octanol–water partition coefficient (Wildman–Crippen LogP) is 3.25. The number of aryl methyl sites for hydroxylation is 1. The van der Waals surface area contributed by atoms with Crippen LogP contribution in [0.5, 0.6) is 5.75 Å². The molecular weight excluding hydrogens is 311 g/mol. The fraction of sp³-hybridized carbons (Fsp3) is 0.500. The van der Waals surface area contributed by atoms with Crippen molar-refractivity contribution >= 4 is 0 Å². The summed E-state index contributed by atoms with van der Waals surface area (Å²) in [6.45, 7) is 7.20. The molecule has 0 bridgehead atoms. The number of halogens is 1. The van der Waals surface area contributed by atoms with Gasteiger partial charge in [-0.1, -0.05) is 13.8 Å². The zero-order chi connectivity index (χ0) is 17.9. The third-order valence-corrected chi connectivity index (χ3v) is 3.84. The van der Waals surface area contributed by atoms with Crippen LogP contribution in [0.3, 0.4) is 0 Å². The largest absolute Gasteiger partial charge is 0.497 e. The van der Waals surface area contributed by atoms with Crippen molar-refractivity contribution in [3.63, 3.8) is 0 Å². The molecule has 0 aliphatic heterocycles. The first-order chi connectivity index (χ1) is 11.3. The van der Waals surface area contributed by atoms with Crippen LogP contribution in [-0.4, -0.2) is 42.3 Å². The average molecular weight is 336 g/mol. The van der Waals surface area contributed by atoms with Gasteiger partial charge in [-0.15, -0.1) is 0 Å². The first kappa shape index (κ1) is 18.4. The van der Waals surface area contributed by atoms with E-state index >= 15 is 0 Å². The van der Waals surface area contributed by atoms with E-state index in [0.29, 0.717) is 30.2 Å². The quantitative estimate of drug-likeness (QED) is 0.841. The molecule has 0 amide bonds. The van der Waals surface area contributed by atoms with Gasteiger partial charge >= 0.3 is 0 Å². The smallest absolute Gasteiger partial charge is 0.229 e. The minimum atomic E-state index is -0.433. The second-order valence-electron chi connectivity index (χ2n) is 6.86. The molecule has 0 radical (unpaired) electrons. The molecular formula is C18H25FN2O3. The van der Waals surface area contributed by atoms with Crippen molar-refractivity contribution in [2.24, 2.45) is 5.41 Å². The van der Waals surface area contributed by atoms with Crippen molar-refractivity contribution in [1.29, 1.82) is 0 Å². The molecule has 1 aromatic heterocycles. The molecule has 24 heavy (non-hydrogen) atoms. The monoisotopic (exact) mass is 336 g/mol. The van der Waals surface area contributed by atoms with E-state index < -0.39 is 5.82 Å². The van der Waals surface area contributed by atoms with E-state index in [1.165, 1.54) is 13.2 Å². The number of aliphatic hydroxyl groups is 1. The van der Waals surface area contributed by atoms with Crippen LogP contribution in [0.4, 0.5) is 4.39 Å². The van der Waals surface area contributed by atoms with Crippen LogP contribution in [0.25, 0.3) is 11.5 Å². The molecule has 0 aliphatic carbocycles. The molecule has 1 aromatic carbocycles. The number of aliphatic hydroxyl groups excluding tert-OH is 1. The van der Waals surface area contributed by atoms with Crippen LogP contribution in [0, 0.1) is 18.2 Å². The van der Waals surface area contributed by atoms with Gasteiger partial charge in [-0.3, -0.25) is 4.90 Å². The summed E-state index contributed by atoms with van der Waals surface area (Å²) in [6.07, 6.45) is 0. The van der Waals surface area contributed by atoms with Gasteiger partial charge in [0.25, 0.3) is 0 Å². The Labute approximate surface area is 142 Å². The zero-order valence-electron chi connectivity index (χ0n) is 14.9. The average Bonchev–Trinajstić information content (AvgIpc) is 2.87. The van der Waals surface area contributed by atoms with E-state index in [1.54, 1.807) is 12.1 Å². The standard InChI is InChI=1S/C18H25FN2O3/c1-12-16(9-21(4)10-18(2,3)11-22)20-17(24-12)14-7-6-13(23-5)8-15(14)19/h6-8,22H,9-11H2,1-5H3. The Hall–Kier alpha value is -1.92. The summed E-state index contributed by atoms with van der Waals surface area (Å²) >= 11 is 0. The molecule has 1 heterocycles. The van der Waals surface area contributed by atoms with Gasteiger partial charge in [0.2, 0.25) is 5.89 Å². The summed E-state index contributed by atoms with van der Waals surface area (Å²) in [5, 5.41) is 9.38. The number of oxazole rings is 1. The van der Waals surface area contributed by atoms with E-state index in [4.69, 9.17) is 9.15 Å². The number of hydrogen-bond donors (Lipinski definition) is 1. The molecule has 1 N–H and O–H groups in total. The van der Waals surface area contributed by atoms with Crippen molar-refractivity contribution < 1.29 is 18.7 Å². The number of nitrogens with zero attached hydrogens (tertiary/aromatic N) is 2. The molecule has 2 aromatic rings. The molecule has 0 saturated carbocycles. The molecule has 0 unspecified atom stereocenters. The van der Waals surface area contributed by atoms with Crippen molar-refractivity contribution in [3.8, 4) is 17.2 Å². The summed E-state index contributed by atoms with van der Waals surface area (Å²) in [6, 6.07) is 4.58. The number of ether oxygens (including phenoxy) is 1. The maximum Gasteiger partial charge on any atom is 0.229 e. The maximum atomic E-state index is 14.2. The van der Waals surface area contributed by atoms with Gasteiger partial charge in [0.15, 0.2) is 0 Å². The number of benzene rings is 1. The number of aromatic nitrogens is 1. The van der Waals surface area contributed by atoms with Crippen LogP contribution in [0.2, 0.25) is 0 Å². The molecule has 0 spiro atoms. The van der Waals surface area contributed by atoms with Gasteiger partial charge in [-0.25, -0.2) is 9.37 Å².